The van der Waals surface area contributed by atoms with Crippen LogP contribution in [0.1, 0.15) is 34.8 Å². The minimum absolute atomic E-state index is 0.0830. The van der Waals surface area contributed by atoms with Gasteiger partial charge < -0.3 is 9.88 Å². The van der Waals surface area contributed by atoms with E-state index in [2.05, 4.69) is 16.4 Å². The first-order valence-electron chi connectivity index (χ1n) is 7.69. The normalized spacial score (nSPS) is 17.7. The van der Waals surface area contributed by atoms with E-state index in [0.717, 1.165) is 29.3 Å². The Kier molecular flexibility index (Phi) is 3.50. The molecule has 1 aromatic carbocycles. The van der Waals surface area contributed by atoms with Crippen molar-refractivity contribution in [2.24, 2.45) is 0 Å². The lowest BCUT2D eigenvalue weighted by Crippen LogP contribution is -2.34. The summed E-state index contributed by atoms with van der Waals surface area (Å²) in [5.74, 6) is -0.175. The Bertz CT molecular complexity index is 914. The molecule has 1 aliphatic heterocycles. The number of aromatic nitrogens is 1. The minimum Gasteiger partial charge on any atom is -0.331 e. The van der Waals surface area contributed by atoms with E-state index >= 15 is 0 Å². The van der Waals surface area contributed by atoms with Crippen LogP contribution in [0.4, 0.5) is 0 Å². The van der Waals surface area contributed by atoms with Crippen LogP contribution in [0, 0.1) is 0 Å². The first-order chi connectivity index (χ1) is 11.2. The average Bonchev–Trinajstić information content (AvgIpc) is 3.24. The number of benzene rings is 1. The highest BCUT2D eigenvalue weighted by Crippen LogP contribution is 2.33. The molecule has 5 heteroatoms. The zero-order valence-corrected chi connectivity index (χ0v) is 13.3. The average molecular weight is 324 g/mol. The lowest BCUT2D eigenvalue weighted by atomic mass is 10.1. The van der Waals surface area contributed by atoms with E-state index < -0.39 is 0 Å². The molecule has 0 aliphatic carbocycles. The Morgan fingerprint density at radius 3 is 2.96 bits per heavy atom. The van der Waals surface area contributed by atoms with E-state index in [0.29, 0.717) is 6.54 Å². The molecule has 0 radical (unpaired) electrons. The van der Waals surface area contributed by atoms with E-state index in [-0.39, 0.29) is 23.1 Å². The Labute approximate surface area is 137 Å². The van der Waals surface area contributed by atoms with Crippen LogP contribution in [-0.2, 0) is 0 Å². The fourth-order valence-corrected chi connectivity index (χ4v) is 3.99. The van der Waals surface area contributed by atoms with Crippen LogP contribution in [0.2, 0.25) is 0 Å². The highest BCUT2D eigenvalue weighted by molar-refractivity contribution is 7.08. The number of carbonyl (C=O) groups is 1. The number of carbonyl (C=O) groups excluding carboxylic acids is 1. The first-order valence-corrected chi connectivity index (χ1v) is 8.63. The van der Waals surface area contributed by atoms with E-state index in [1.807, 2.05) is 34.5 Å². The van der Waals surface area contributed by atoms with E-state index in [1.165, 1.54) is 0 Å². The lowest BCUT2D eigenvalue weighted by molar-refractivity contribution is 0.0734. The van der Waals surface area contributed by atoms with Crippen LogP contribution in [0.3, 0.4) is 0 Å². The number of H-pyrrole nitrogens is 1. The summed E-state index contributed by atoms with van der Waals surface area (Å²) >= 11 is 1.64. The summed E-state index contributed by atoms with van der Waals surface area (Å²) in [5.41, 5.74) is 1.83. The topological polar surface area (TPSA) is 53.2 Å². The molecule has 1 fully saturated rings. The van der Waals surface area contributed by atoms with Gasteiger partial charge in [-0.15, -0.1) is 0 Å². The molecule has 1 saturated heterocycles. The zero-order chi connectivity index (χ0) is 15.8. The number of nitrogens with zero attached hydrogens (tertiary/aromatic N) is 1. The summed E-state index contributed by atoms with van der Waals surface area (Å²) in [5, 5.41) is 4.99. The second kappa shape index (κ2) is 5.66. The quantitative estimate of drug-likeness (QED) is 0.783. The van der Waals surface area contributed by atoms with Crippen molar-refractivity contribution < 1.29 is 4.79 Å². The number of rotatable bonds is 2. The summed E-state index contributed by atoms with van der Waals surface area (Å²) in [4.78, 5) is 29.9. The molecular formula is C18H16N2O2S. The third-order valence-electron chi connectivity index (χ3n) is 4.43. The van der Waals surface area contributed by atoms with Crippen molar-refractivity contribution >= 4 is 28.1 Å². The Hall–Kier alpha value is -2.40. The fraction of sp³-hybridized carbons (Fsp3) is 0.222. The second-order valence-corrected chi connectivity index (χ2v) is 6.59. The largest absolute Gasteiger partial charge is 0.331 e. The van der Waals surface area contributed by atoms with Crippen molar-refractivity contribution in [3.05, 3.63) is 68.6 Å². The molecule has 1 unspecified atom stereocenters. The fourth-order valence-electron chi connectivity index (χ4n) is 3.28. The molecule has 3 heterocycles. The monoisotopic (exact) mass is 324 g/mol. The van der Waals surface area contributed by atoms with Gasteiger partial charge in [0.25, 0.3) is 11.5 Å². The van der Waals surface area contributed by atoms with Gasteiger partial charge >= 0.3 is 0 Å². The molecule has 116 valence electrons. The molecule has 0 spiro atoms. The van der Waals surface area contributed by atoms with Gasteiger partial charge in [-0.05, 0) is 52.8 Å². The highest BCUT2D eigenvalue weighted by atomic mass is 32.1. The molecule has 4 nitrogen and oxygen atoms in total. The number of para-hydroxylation sites is 1. The number of hydrogen-bond donors (Lipinski definition) is 1. The summed E-state index contributed by atoms with van der Waals surface area (Å²) in [6.07, 6.45) is 1.92. The summed E-state index contributed by atoms with van der Waals surface area (Å²) < 4.78 is 0. The van der Waals surface area contributed by atoms with Crippen molar-refractivity contribution in [3.63, 3.8) is 0 Å². The van der Waals surface area contributed by atoms with Gasteiger partial charge in [-0.3, -0.25) is 9.59 Å². The van der Waals surface area contributed by atoms with Crippen molar-refractivity contribution in [1.29, 1.82) is 0 Å². The van der Waals surface area contributed by atoms with Gasteiger partial charge in [-0.1, -0.05) is 18.2 Å². The molecule has 0 bridgehead atoms. The Balaban J connectivity index is 1.74. The van der Waals surface area contributed by atoms with Crippen LogP contribution < -0.4 is 5.56 Å². The second-order valence-electron chi connectivity index (χ2n) is 5.81. The summed E-state index contributed by atoms with van der Waals surface area (Å²) in [6, 6.07) is 11.4. The van der Waals surface area contributed by atoms with Crippen LogP contribution in [0.25, 0.3) is 10.9 Å². The summed E-state index contributed by atoms with van der Waals surface area (Å²) in [6.45, 7) is 0.700. The Morgan fingerprint density at radius 2 is 2.13 bits per heavy atom. The van der Waals surface area contributed by atoms with Crippen LogP contribution in [0.5, 0.6) is 0 Å². The molecular weight excluding hydrogens is 308 g/mol. The summed E-state index contributed by atoms with van der Waals surface area (Å²) in [7, 11) is 0. The van der Waals surface area contributed by atoms with Crippen LogP contribution in [-0.4, -0.2) is 22.3 Å². The number of pyridine rings is 1. The third-order valence-corrected chi connectivity index (χ3v) is 5.13. The van der Waals surface area contributed by atoms with E-state index in [9.17, 15) is 9.59 Å². The van der Waals surface area contributed by atoms with Crippen LogP contribution >= 0.6 is 11.3 Å². The molecule has 1 N–H and O–H groups in total. The lowest BCUT2D eigenvalue weighted by Gasteiger charge is -2.24. The molecule has 3 aromatic rings. The van der Waals surface area contributed by atoms with Gasteiger partial charge in [0.1, 0.15) is 5.56 Å². The highest BCUT2D eigenvalue weighted by Gasteiger charge is 2.31. The standard InChI is InChI=1S/C18H16N2O2S/c21-17-14(10-12-4-1-2-5-15(12)19-17)18(22)20-8-3-6-16(20)13-7-9-23-11-13/h1-2,4-5,7,9-11,16H,3,6,8H2,(H,19,21). The van der Waals surface area contributed by atoms with Crippen molar-refractivity contribution in [2.75, 3.05) is 6.54 Å². The smallest absolute Gasteiger partial charge is 0.261 e. The number of amides is 1. The number of likely N-dealkylation sites (tertiary alicyclic amines) is 1. The molecule has 1 aliphatic rings. The molecule has 23 heavy (non-hydrogen) atoms. The number of fused-ring (bicyclic) bond motifs is 1. The Morgan fingerprint density at radius 1 is 1.26 bits per heavy atom. The van der Waals surface area contributed by atoms with Crippen molar-refractivity contribution in [1.82, 2.24) is 9.88 Å². The molecule has 0 saturated carbocycles. The van der Waals surface area contributed by atoms with Gasteiger partial charge in [-0.25, -0.2) is 0 Å². The van der Waals surface area contributed by atoms with Crippen molar-refractivity contribution in [3.8, 4) is 0 Å². The van der Waals surface area contributed by atoms with Crippen molar-refractivity contribution in [2.45, 2.75) is 18.9 Å². The maximum atomic E-state index is 12.9. The van der Waals surface area contributed by atoms with Crippen LogP contribution in [0.15, 0.2) is 52.0 Å². The predicted molar refractivity (Wildman–Crippen MR) is 91.9 cm³/mol. The maximum absolute atomic E-state index is 12.9. The number of aromatic amines is 1. The van der Waals surface area contributed by atoms with Gasteiger partial charge in [-0.2, -0.15) is 11.3 Å². The third kappa shape index (κ3) is 2.47. The first kappa shape index (κ1) is 14.2. The predicted octanol–water partition coefficient (Wildman–Crippen LogP) is 3.57. The van der Waals surface area contributed by atoms with Gasteiger partial charge in [0.05, 0.1) is 6.04 Å². The molecule has 4 rings (SSSR count). The molecule has 1 amide bonds. The van der Waals surface area contributed by atoms with E-state index in [1.54, 1.807) is 17.4 Å². The van der Waals surface area contributed by atoms with E-state index in [4.69, 9.17) is 0 Å². The van der Waals surface area contributed by atoms with Gasteiger partial charge in [0.2, 0.25) is 0 Å². The molecule has 2 aromatic heterocycles. The van der Waals surface area contributed by atoms with Gasteiger partial charge in [0, 0.05) is 12.1 Å². The SMILES string of the molecule is O=C(c1cc2ccccc2[nH]c1=O)N1CCCC1c1ccsc1. The maximum Gasteiger partial charge on any atom is 0.261 e. The van der Waals surface area contributed by atoms with Gasteiger partial charge in [0.15, 0.2) is 0 Å². The number of hydrogen-bond acceptors (Lipinski definition) is 3. The number of nitrogens with one attached hydrogen (secondary N) is 1. The molecule has 1 atom stereocenters. The number of thiophene rings is 1. The minimum atomic E-state index is -0.315. The zero-order valence-electron chi connectivity index (χ0n) is 12.5.